The van der Waals surface area contributed by atoms with Gasteiger partial charge in [0.1, 0.15) is 11.5 Å². The monoisotopic (exact) mass is 244 g/mol. The van der Waals surface area contributed by atoms with E-state index in [-0.39, 0.29) is 16.8 Å². The van der Waals surface area contributed by atoms with Crippen molar-refractivity contribution in [2.24, 2.45) is 0 Å². The Hall–Kier alpha value is -1.23. The highest BCUT2D eigenvalue weighted by molar-refractivity contribution is 7.80. The van der Waals surface area contributed by atoms with E-state index in [4.69, 9.17) is 12.2 Å². The van der Waals surface area contributed by atoms with Crippen LogP contribution in [0.15, 0.2) is 12.1 Å². The van der Waals surface area contributed by atoms with Gasteiger partial charge >= 0.3 is 0 Å². The van der Waals surface area contributed by atoms with E-state index < -0.39 is 11.6 Å². The summed E-state index contributed by atoms with van der Waals surface area (Å²) in [6.45, 7) is 5.34. The van der Waals surface area contributed by atoms with Gasteiger partial charge in [-0.1, -0.05) is 6.07 Å². The van der Waals surface area contributed by atoms with Crippen LogP contribution in [0.4, 0.5) is 14.5 Å². The molecule has 2 N–H and O–H groups in total. The second-order valence-corrected chi connectivity index (χ2v) is 4.21. The summed E-state index contributed by atoms with van der Waals surface area (Å²) in [5, 5.41) is 5.58. The minimum atomic E-state index is -0.656. The van der Waals surface area contributed by atoms with Crippen molar-refractivity contribution in [3.05, 3.63) is 29.3 Å². The van der Waals surface area contributed by atoms with E-state index in [2.05, 4.69) is 10.6 Å². The summed E-state index contributed by atoms with van der Waals surface area (Å²) in [7, 11) is 0. The molecule has 0 heterocycles. The molecule has 0 aromatic heterocycles. The standard InChI is InChI=1S/C11H14F2N2S/c1-6(2)14-11(16)15-10-8(12)5-4-7(3)9(10)13/h4-6H,1-3H3,(H2,14,15,16). The Morgan fingerprint density at radius 1 is 1.31 bits per heavy atom. The summed E-state index contributed by atoms with van der Waals surface area (Å²) >= 11 is 4.92. The first-order chi connectivity index (χ1) is 7.41. The first-order valence-electron chi connectivity index (χ1n) is 4.94. The molecular weight excluding hydrogens is 230 g/mol. The summed E-state index contributed by atoms with van der Waals surface area (Å²) < 4.78 is 26.9. The Bertz CT molecular complexity index is 405. The zero-order valence-corrected chi connectivity index (χ0v) is 10.2. The summed E-state index contributed by atoms with van der Waals surface area (Å²) in [5.41, 5.74) is 0.161. The molecule has 0 aliphatic heterocycles. The molecule has 0 saturated heterocycles. The van der Waals surface area contributed by atoms with Crippen LogP contribution < -0.4 is 10.6 Å². The highest BCUT2D eigenvalue weighted by Gasteiger charge is 2.12. The van der Waals surface area contributed by atoms with Crippen molar-refractivity contribution in [3.8, 4) is 0 Å². The molecule has 0 unspecified atom stereocenters. The van der Waals surface area contributed by atoms with Crippen LogP contribution in [0.25, 0.3) is 0 Å². The molecule has 0 spiro atoms. The number of aryl methyl sites for hydroxylation is 1. The van der Waals surface area contributed by atoms with E-state index in [0.29, 0.717) is 5.56 Å². The number of benzene rings is 1. The highest BCUT2D eigenvalue weighted by atomic mass is 32.1. The molecular formula is C11H14F2N2S. The molecule has 16 heavy (non-hydrogen) atoms. The van der Waals surface area contributed by atoms with E-state index >= 15 is 0 Å². The van der Waals surface area contributed by atoms with Gasteiger partial charge in [0.05, 0.1) is 0 Å². The van der Waals surface area contributed by atoms with Crippen LogP contribution in [0.1, 0.15) is 19.4 Å². The molecule has 0 atom stereocenters. The molecule has 2 nitrogen and oxygen atoms in total. The van der Waals surface area contributed by atoms with Crippen LogP contribution in [0, 0.1) is 18.6 Å². The van der Waals surface area contributed by atoms with E-state index in [1.54, 1.807) is 6.92 Å². The molecule has 0 radical (unpaired) electrons. The van der Waals surface area contributed by atoms with Crippen LogP contribution >= 0.6 is 12.2 Å². The van der Waals surface area contributed by atoms with Gasteiger partial charge in [-0.05, 0) is 44.6 Å². The molecule has 0 aliphatic rings. The SMILES string of the molecule is Cc1ccc(F)c(NC(=S)NC(C)C)c1F. The summed E-state index contributed by atoms with van der Waals surface area (Å²) in [6.07, 6.45) is 0. The predicted molar refractivity (Wildman–Crippen MR) is 65.6 cm³/mol. The van der Waals surface area contributed by atoms with Gasteiger partial charge in [-0.25, -0.2) is 8.78 Å². The van der Waals surface area contributed by atoms with Crippen molar-refractivity contribution >= 4 is 23.0 Å². The first-order valence-corrected chi connectivity index (χ1v) is 5.34. The van der Waals surface area contributed by atoms with Gasteiger partial charge in [-0.3, -0.25) is 0 Å². The maximum atomic E-state index is 13.6. The van der Waals surface area contributed by atoms with E-state index in [9.17, 15) is 8.78 Å². The molecule has 0 amide bonds. The minimum absolute atomic E-state index is 0.107. The summed E-state index contributed by atoms with van der Waals surface area (Å²) in [4.78, 5) is 0. The molecule has 1 rings (SSSR count). The molecule has 0 aliphatic carbocycles. The smallest absolute Gasteiger partial charge is 0.171 e. The fraction of sp³-hybridized carbons (Fsp3) is 0.364. The van der Waals surface area contributed by atoms with Crippen molar-refractivity contribution in [1.29, 1.82) is 0 Å². The van der Waals surface area contributed by atoms with Crippen LogP contribution in [-0.2, 0) is 0 Å². The molecule has 88 valence electrons. The van der Waals surface area contributed by atoms with Crippen LogP contribution in [0.3, 0.4) is 0 Å². The van der Waals surface area contributed by atoms with E-state index in [1.165, 1.54) is 12.1 Å². The lowest BCUT2D eigenvalue weighted by atomic mass is 10.2. The zero-order valence-electron chi connectivity index (χ0n) is 9.40. The molecule has 5 heteroatoms. The predicted octanol–water partition coefficient (Wildman–Crippen LogP) is 2.97. The van der Waals surface area contributed by atoms with Crippen LogP contribution in [0.2, 0.25) is 0 Å². The maximum absolute atomic E-state index is 13.6. The first kappa shape index (κ1) is 12.8. The number of nitrogens with one attached hydrogen (secondary N) is 2. The van der Waals surface area contributed by atoms with Gasteiger partial charge in [-0.2, -0.15) is 0 Å². The van der Waals surface area contributed by atoms with Crippen molar-refractivity contribution in [3.63, 3.8) is 0 Å². The number of thiocarbonyl (C=S) groups is 1. The normalized spacial score (nSPS) is 10.4. The van der Waals surface area contributed by atoms with Gasteiger partial charge in [0.2, 0.25) is 0 Å². The summed E-state index contributed by atoms with van der Waals surface area (Å²) in [5.74, 6) is -1.27. The Kier molecular flexibility index (Phi) is 4.18. The van der Waals surface area contributed by atoms with Crippen molar-refractivity contribution in [2.45, 2.75) is 26.8 Å². The highest BCUT2D eigenvalue weighted by Crippen LogP contribution is 2.21. The van der Waals surface area contributed by atoms with Gasteiger partial charge in [0, 0.05) is 6.04 Å². The third kappa shape index (κ3) is 3.13. The van der Waals surface area contributed by atoms with Crippen LogP contribution in [-0.4, -0.2) is 11.2 Å². The fourth-order valence-corrected chi connectivity index (χ4v) is 1.52. The second-order valence-electron chi connectivity index (χ2n) is 3.81. The molecule has 1 aromatic carbocycles. The Labute approximate surface area is 99.0 Å². The average molecular weight is 244 g/mol. The number of halogens is 2. The number of hydrogen-bond acceptors (Lipinski definition) is 1. The zero-order chi connectivity index (χ0) is 12.3. The maximum Gasteiger partial charge on any atom is 0.171 e. The van der Waals surface area contributed by atoms with E-state index in [1.807, 2.05) is 13.8 Å². The molecule has 0 saturated carbocycles. The van der Waals surface area contributed by atoms with Gasteiger partial charge in [0.25, 0.3) is 0 Å². The Morgan fingerprint density at radius 2 is 1.94 bits per heavy atom. The molecule has 1 aromatic rings. The number of hydrogen-bond donors (Lipinski definition) is 2. The largest absolute Gasteiger partial charge is 0.360 e. The summed E-state index contributed by atoms with van der Waals surface area (Å²) in [6, 6.07) is 2.70. The van der Waals surface area contributed by atoms with Gasteiger partial charge < -0.3 is 10.6 Å². The van der Waals surface area contributed by atoms with Crippen molar-refractivity contribution in [1.82, 2.24) is 5.32 Å². The fourth-order valence-electron chi connectivity index (χ4n) is 1.18. The Balaban J connectivity index is 2.88. The van der Waals surface area contributed by atoms with Crippen LogP contribution in [0.5, 0.6) is 0 Å². The lowest BCUT2D eigenvalue weighted by Gasteiger charge is -2.14. The lowest BCUT2D eigenvalue weighted by Crippen LogP contribution is -2.34. The number of rotatable bonds is 2. The lowest BCUT2D eigenvalue weighted by molar-refractivity contribution is 0.585. The average Bonchev–Trinajstić information content (AvgIpc) is 2.17. The topological polar surface area (TPSA) is 24.1 Å². The third-order valence-corrected chi connectivity index (χ3v) is 2.16. The second kappa shape index (κ2) is 5.21. The van der Waals surface area contributed by atoms with E-state index in [0.717, 1.165) is 0 Å². The van der Waals surface area contributed by atoms with Crippen molar-refractivity contribution < 1.29 is 8.78 Å². The van der Waals surface area contributed by atoms with Gasteiger partial charge in [0.15, 0.2) is 10.9 Å². The third-order valence-electron chi connectivity index (χ3n) is 1.94. The minimum Gasteiger partial charge on any atom is -0.360 e. The quantitative estimate of drug-likeness (QED) is 0.782. The van der Waals surface area contributed by atoms with Crippen molar-refractivity contribution in [2.75, 3.05) is 5.32 Å². The number of anilines is 1. The Morgan fingerprint density at radius 3 is 2.50 bits per heavy atom. The molecule has 0 bridgehead atoms. The van der Waals surface area contributed by atoms with Gasteiger partial charge in [-0.15, -0.1) is 0 Å². The molecule has 0 fully saturated rings.